The van der Waals surface area contributed by atoms with Crippen LogP contribution in [0.4, 0.5) is 0 Å². The Morgan fingerprint density at radius 2 is 1.48 bits per heavy atom. The van der Waals surface area contributed by atoms with Gasteiger partial charge in [0.2, 0.25) is 0 Å². The fourth-order valence-electron chi connectivity index (χ4n) is 3.80. The Labute approximate surface area is 194 Å². The number of rotatable bonds is 4. The van der Waals surface area contributed by atoms with E-state index in [1.165, 1.54) is 11.3 Å². The molecule has 0 bridgehead atoms. The second-order valence-electron chi connectivity index (χ2n) is 7.50. The van der Waals surface area contributed by atoms with Crippen LogP contribution in [0.25, 0.3) is 21.0 Å². The first-order valence-electron chi connectivity index (χ1n) is 10.4. The van der Waals surface area contributed by atoms with Crippen LogP contribution in [0.1, 0.15) is 26.3 Å². The van der Waals surface area contributed by atoms with Crippen molar-refractivity contribution in [2.75, 3.05) is 0 Å². The number of aromatic nitrogens is 1. The molecule has 1 amide bonds. The third kappa shape index (κ3) is 3.89. The first-order valence-corrected chi connectivity index (χ1v) is 11.2. The number of amides is 1. The summed E-state index contributed by atoms with van der Waals surface area (Å²) in [5, 5.41) is 2.22. The predicted octanol–water partition coefficient (Wildman–Crippen LogP) is 5.46. The smallest absolute Gasteiger partial charge is 0.279 e. The van der Waals surface area contributed by atoms with Gasteiger partial charge in [-0.05, 0) is 23.6 Å². The third-order valence-corrected chi connectivity index (χ3v) is 6.58. The molecule has 4 aromatic carbocycles. The zero-order valence-electron chi connectivity index (χ0n) is 17.6. The van der Waals surface area contributed by atoms with Crippen molar-refractivity contribution in [2.45, 2.75) is 6.54 Å². The lowest BCUT2D eigenvalue weighted by molar-refractivity contribution is 0.0994. The molecule has 4 nitrogen and oxygen atoms in total. The van der Waals surface area contributed by atoms with Crippen LogP contribution in [-0.4, -0.2) is 16.3 Å². The minimum absolute atomic E-state index is 0.0882. The Bertz CT molecular complexity index is 1620. The van der Waals surface area contributed by atoms with Crippen LogP contribution in [-0.2, 0) is 6.54 Å². The molecule has 0 radical (unpaired) electrons. The normalized spacial score (nSPS) is 11.5. The molecule has 0 N–H and O–H groups in total. The minimum Gasteiger partial charge on any atom is -0.305 e. The molecule has 0 fully saturated rings. The lowest BCUT2D eigenvalue weighted by Gasteiger charge is -2.03. The largest absolute Gasteiger partial charge is 0.305 e. The van der Waals surface area contributed by atoms with Gasteiger partial charge in [-0.15, -0.1) is 6.42 Å². The van der Waals surface area contributed by atoms with Gasteiger partial charge >= 0.3 is 0 Å². The number of hydrogen-bond acceptors (Lipinski definition) is 3. The highest BCUT2D eigenvalue weighted by Crippen LogP contribution is 2.27. The third-order valence-electron chi connectivity index (χ3n) is 5.45. The summed E-state index contributed by atoms with van der Waals surface area (Å²) in [5.74, 6) is 2.19. The van der Waals surface area contributed by atoms with Crippen LogP contribution in [0.2, 0.25) is 0 Å². The average Bonchev–Trinajstić information content (AvgIpc) is 3.21. The summed E-state index contributed by atoms with van der Waals surface area (Å²) in [6, 6.07) is 27.8. The molecule has 158 valence electrons. The molecule has 0 unspecified atom stereocenters. The fraction of sp³-hybridized carbons (Fsp3) is 0.0357. The van der Waals surface area contributed by atoms with Crippen molar-refractivity contribution in [1.82, 2.24) is 4.57 Å². The molecule has 0 aliphatic heterocycles. The van der Waals surface area contributed by atoms with Gasteiger partial charge in [-0.3, -0.25) is 9.59 Å². The minimum atomic E-state index is -0.379. The van der Waals surface area contributed by atoms with Crippen molar-refractivity contribution in [2.24, 2.45) is 4.99 Å². The molecule has 0 saturated heterocycles. The van der Waals surface area contributed by atoms with Gasteiger partial charge in [0.1, 0.15) is 0 Å². The van der Waals surface area contributed by atoms with Gasteiger partial charge in [-0.25, -0.2) is 0 Å². The maximum Gasteiger partial charge on any atom is 0.279 e. The van der Waals surface area contributed by atoms with Crippen LogP contribution < -0.4 is 4.80 Å². The van der Waals surface area contributed by atoms with E-state index in [2.05, 4.69) is 23.0 Å². The van der Waals surface area contributed by atoms with E-state index in [1.54, 1.807) is 36.4 Å². The van der Waals surface area contributed by atoms with Gasteiger partial charge in [-0.2, -0.15) is 4.99 Å². The number of hydrogen-bond donors (Lipinski definition) is 0. The first-order chi connectivity index (χ1) is 16.2. The summed E-state index contributed by atoms with van der Waals surface area (Å²) >= 11 is 1.45. The number of thiazole rings is 1. The number of carbonyl (C=O) groups excluding carboxylic acids is 2. The Morgan fingerprint density at radius 3 is 2.24 bits per heavy atom. The van der Waals surface area contributed by atoms with Crippen LogP contribution >= 0.6 is 11.3 Å². The van der Waals surface area contributed by atoms with Crippen molar-refractivity contribution in [3.63, 3.8) is 0 Å². The summed E-state index contributed by atoms with van der Waals surface area (Å²) in [7, 11) is 0. The van der Waals surface area contributed by atoms with Crippen LogP contribution in [0.15, 0.2) is 96.0 Å². The molecular weight excluding hydrogens is 428 g/mol. The monoisotopic (exact) mass is 446 g/mol. The molecule has 0 spiro atoms. The van der Waals surface area contributed by atoms with Crippen LogP contribution in [0.5, 0.6) is 0 Å². The summed E-state index contributed by atoms with van der Waals surface area (Å²) in [6.07, 6.45) is 5.60. The molecule has 5 aromatic rings. The average molecular weight is 447 g/mol. The standard InChI is InChI=1S/C28H18N2O2S/c1-2-18-30-24-17-16-19-8-6-7-11-23(19)26(24)33-28(30)29-27(32)22-14-12-21(13-15-22)25(31)20-9-4-3-5-10-20/h1,3-17H,18H2. The van der Waals surface area contributed by atoms with E-state index in [-0.39, 0.29) is 11.7 Å². The highest BCUT2D eigenvalue weighted by atomic mass is 32.1. The lowest BCUT2D eigenvalue weighted by Crippen LogP contribution is -2.16. The number of fused-ring (bicyclic) bond motifs is 3. The molecule has 0 atom stereocenters. The van der Waals surface area contributed by atoms with Gasteiger partial charge < -0.3 is 4.57 Å². The highest BCUT2D eigenvalue weighted by Gasteiger charge is 2.13. The molecule has 1 heterocycles. The zero-order chi connectivity index (χ0) is 22.8. The van der Waals surface area contributed by atoms with Gasteiger partial charge in [-0.1, -0.05) is 90.1 Å². The number of carbonyl (C=O) groups is 2. The Kier molecular flexibility index (Phi) is 5.43. The maximum atomic E-state index is 13.0. The van der Waals surface area contributed by atoms with Gasteiger partial charge in [0, 0.05) is 22.1 Å². The van der Waals surface area contributed by atoms with Crippen molar-refractivity contribution in [1.29, 1.82) is 0 Å². The van der Waals surface area contributed by atoms with E-state index in [0.29, 0.717) is 28.0 Å². The molecule has 0 aliphatic carbocycles. The summed E-state index contributed by atoms with van der Waals surface area (Å²) < 4.78 is 2.93. The molecule has 1 aromatic heterocycles. The second-order valence-corrected chi connectivity index (χ2v) is 8.48. The van der Waals surface area contributed by atoms with Gasteiger partial charge in [0.25, 0.3) is 5.91 Å². The number of ketones is 1. The van der Waals surface area contributed by atoms with E-state index in [9.17, 15) is 9.59 Å². The van der Waals surface area contributed by atoms with Crippen LogP contribution in [0.3, 0.4) is 0 Å². The number of nitrogens with zero attached hydrogens (tertiary/aromatic N) is 2. The summed E-state index contributed by atoms with van der Waals surface area (Å²) in [5.41, 5.74) is 2.49. The van der Waals surface area contributed by atoms with Crippen molar-refractivity contribution < 1.29 is 9.59 Å². The van der Waals surface area contributed by atoms with E-state index in [0.717, 1.165) is 21.0 Å². The molecule has 5 rings (SSSR count). The Balaban J connectivity index is 1.53. The topological polar surface area (TPSA) is 51.4 Å². The molecule has 33 heavy (non-hydrogen) atoms. The number of benzene rings is 4. The SMILES string of the molecule is C#CCn1c(=NC(=O)c2ccc(C(=O)c3ccccc3)cc2)sc2c3ccccc3ccc21. The van der Waals surface area contributed by atoms with E-state index >= 15 is 0 Å². The molecule has 0 aliphatic rings. The van der Waals surface area contributed by atoms with E-state index < -0.39 is 0 Å². The Hall–Kier alpha value is -4.27. The summed E-state index contributed by atoms with van der Waals surface area (Å²) in [6.45, 7) is 0.314. The van der Waals surface area contributed by atoms with Gasteiger partial charge in [0.05, 0.1) is 16.8 Å². The highest BCUT2D eigenvalue weighted by molar-refractivity contribution is 7.17. The molecule has 5 heteroatoms. The van der Waals surface area contributed by atoms with Gasteiger partial charge in [0.15, 0.2) is 10.6 Å². The van der Waals surface area contributed by atoms with E-state index in [4.69, 9.17) is 6.42 Å². The Morgan fingerprint density at radius 1 is 0.818 bits per heavy atom. The molecular formula is C28H18N2O2S. The van der Waals surface area contributed by atoms with Crippen molar-refractivity contribution >= 4 is 44.0 Å². The first kappa shape index (κ1) is 20.6. The van der Waals surface area contributed by atoms with E-state index in [1.807, 2.05) is 47.0 Å². The maximum absolute atomic E-state index is 13.0. The second kappa shape index (κ2) is 8.70. The van der Waals surface area contributed by atoms with Crippen molar-refractivity contribution in [3.8, 4) is 12.3 Å². The predicted molar refractivity (Wildman–Crippen MR) is 132 cm³/mol. The zero-order valence-corrected chi connectivity index (χ0v) is 18.4. The summed E-state index contributed by atoms with van der Waals surface area (Å²) in [4.78, 5) is 30.5. The van der Waals surface area contributed by atoms with Crippen molar-refractivity contribution in [3.05, 3.63) is 112 Å². The molecule has 0 saturated carbocycles. The lowest BCUT2D eigenvalue weighted by atomic mass is 10.0. The fourth-order valence-corrected chi connectivity index (χ4v) is 4.96. The van der Waals surface area contributed by atoms with Crippen LogP contribution in [0, 0.1) is 12.3 Å². The quantitative estimate of drug-likeness (QED) is 0.272. The number of terminal acetylenes is 1.